The van der Waals surface area contributed by atoms with E-state index < -0.39 is 6.10 Å². The molecule has 0 heterocycles. The van der Waals surface area contributed by atoms with Gasteiger partial charge in [-0.2, -0.15) is 0 Å². The average molecular weight is 353 g/mol. The minimum absolute atomic E-state index is 0.206. The van der Waals surface area contributed by atoms with E-state index in [-0.39, 0.29) is 23.7 Å². The fourth-order valence-electron chi connectivity index (χ4n) is 2.58. The molecule has 2 aromatic rings. The number of hydrogen-bond acceptors (Lipinski definition) is 3. The second-order valence-electron chi connectivity index (χ2n) is 7.83. The number of carbonyl (C=O) groups is 2. The van der Waals surface area contributed by atoms with E-state index in [2.05, 4.69) is 5.32 Å². The lowest BCUT2D eigenvalue weighted by Crippen LogP contribution is -2.27. The van der Waals surface area contributed by atoms with Gasteiger partial charge in [0.05, 0.1) is 6.42 Å². The molecular weight excluding hydrogens is 326 g/mol. The largest absolute Gasteiger partial charge is 0.447 e. The second kappa shape index (κ2) is 8.17. The molecule has 0 saturated carbocycles. The maximum atomic E-state index is 12.9. The molecule has 0 fully saturated rings. The summed E-state index contributed by atoms with van der Waals surface area (Å²) >= 11 is 0. The number of esters is 1. The molecule has 0 aromatic heterocycles. The van der Waals surface area contributed by atoms with Crippen molar-refractivity contribution in [1.82, 2.24) is 0 Å². The first-order chi connectivity index (χ1) is 12.2. The van der Waals surface area contributed by atoms with Gasteiger partial charge in [0.1, 0.15) is 0 Å². The summed E-state index contributed by atoms with van der Waals surface area (Å²) in [5.74, 6) is -0.741. The number of hydrogen-bond donors (Lipinski definition) is 1. The summed E-state index contributed by atoms with van der Waals surface area (Å²) in [6.45, 7) is 9.78. The first-order valence-corrected chi connectivity index (χ1v) is 8.78. The van der Waals surface area contributed by atoms with Crippen LogP contribution in [0.1, 0.15) is 50.0 Å². The Kier molecular flexibility index (Phi) is 6.19. The highest BCUT2D eigenvalue weighted by atomic mass is 16.5. The molecule has 1 N–H and O–H groups in total. The van der Waals surface area contributed by atoms with E-state index >= 15 is 0 Å². The molecule has 4 heteroatoms. The van der Waals surface area contributed by atoms with Gasteiger partial charge in [-0.3, -0.25) is 9.59 Å². The van der Waals surface area contributed by atoms with E-state index in [0.717, 1.165) is 16.8 Å². The summed E-state index contributed by atoms with van der Waals surface area (Å²) in [5, 5.41) is 2.90. The SMILES string of the molecule is Cc1ccc(C)c(NC(=O)[C@@H](OC(=O)CC(C)(C)C)c2ccccc2)c1. The van der Waals surface area contributed by atoms with Crippen LogP contribution < -0.4 is 5.32 Å². The fraction of sp³-hybridized carbons (Fsp3) is 0.364. The molecule has 1 amide bonds. The summed E-state index contributed by atoms with van der Waals surface area (Å²) in [7, 11) is 0. The van der Waals surface area contributed by atoms with Gasteiger partial charge in [-0.1, -0.05) is 63.2 Å². The Bertz CT molecular complexity index is 776. The monoisotopic (exact) mass is 353 g/mol. The van der Waals surface area contributed by atoms with E-state index in [1.165, 1.54) is 0 Å². The van der Waals surface area contributed by atoms with Crippen molar-refractivity contribution in [2.75, 3.05) is 5.32 Å². The predicted octanol–water partition coefficient (Wildman–Crippen LogP) is 4.96. The molecular formula is C22H27NO3. The lowest BCUT2D eigenvalue weighted by molar-refractivity contribution is -0.156. The number of benzene rings is 2. The highest BCUT2D eigenvalue weighted by Gasteiger charge is 2.27. The molecule has 2 aromatic carbocycles. The van der Waals surface area contributed by atoms with Crippen molar-refractivity contribution >= 4 is 17.6 Å². The summed E-state index contributed by atoms with van der Waals surface area (Å²) in [6, 6.07) is 14.9. The smallest absolute Gasteiger partial charge is 0.307 e. The van der Waals surface area contributed by atoms with Gasteiger partial charge in [-0.15, -0.1) is 0 Å². The van der Waals surface area contributed by atoms with Crippen LogP contribution in [-0.4, -0.2) is 11.9 Å². The quantitative estimate of drug-likeness (QED) is 0.773. The highest BCUT2D eigenvalue weighted by Crippen LogP contribution is 2.25. The maximum absolute atomic E-state index is 12.9. The predicted molar refractivity (Wildman–Crippen MR) is 104 cm³/mol. The van der Waals surface area contributed by atoms with E-state index in [0.29, 0.717) is 5.56 Å². The van der Waals surface area contributed by atoms with Gasteiger partial charge in [-0.05, 0) is 36.5 Å². The second-order valence-corrected chi connectivity index (χ2v) is 7.83. The zero-order chi connectivity index (χ0) is 19.3. The number of amides is 1. The summed E-state index contributed by atoms with van der Waals surface area (Å²) in [5.41, 5.74) is 3.17. The number of aryl methyl sites for hydroxylation is 2. The number of ether oxygens (including phenoxy) is 1. The van der Waals surface area contributed by atoms with Crippen molar-refractivity contribution in [2.45, 2.75) is 47.1 Å². The first-order valence-electron chi connectivity index (χ1n) is 8.78. The van der Waals surface area contributed by atoms with Crippen LogP contribution >= 0.6 is 0 Å². The third kappa shape index (κ3) is 5.73. The van der Waals surface area contributed by atoms with E-state index in [4.69, 9.17) is 4.74 Å². The van der Waals surface area contributed by atoms with Gasteiger partial charge in [-0.25, -0.2) is 0 Å². The van der Waals surface area contributed by atoms with Crippen LogP contribution in [-0.2, 0) is 14.3 Å². The Morgan fingerprint density at radius 1 is 1.04 bits per heavy atom. The minimum Gasteiger partial charge on any atom is -0.447 e. The number of carbonyl (C=O) groups excluding carboxylic acids is 2. The fourth-order valence-corrected chi connectivity index (χ4v) is 2.58. The van der Waals surface area contributed by atoms with Gasteiger partial charge in [0.15, 0.2) is 0 Å². The molecule has 0 aliphatic heterocycles. The lowest BCUT2D eigenvalue weighted by atomic mass is 9.92. The Morgan fingerprint density at radius 2 is 1.69 bits per heavy atom. The van der Waals surface area contributed by atoms with Crippen molar-refractivity contribution in [3.05, 3.63) is 65.2 Å². The number of nitrogens with one attached hydrogen (secondary N) is 1. The molecule has 0 spiro atoms. The van der Waals surface area contributed by atoms with Gasteiger partial charge in [0.2, 0.25) is 6.10 Å². The Hall–Kier alpha value is -2.62. The molecule has 4 nitrogen and oxygen atoms in total. The van der Waals surface area contributed by atoms with Crippen LogP contribution in [0.2, 0.25) is 0 Å². The molecule has 0 aliphatic carbocycles. The van der Waals surface area contributed by atoms with Gasteiger partial charge >= 0.3 is 5.97 Å². The molecule has 0 bridgehead atoms. The van der Waals surface area contributed by atoms with Crippen LogP contribution in [0.15, 0.2) is 48.5 Å². The van der Waals surface area contributed by atoms with Crippen LogP contribution in [0.25, 0.3) is 0 Å². The average Bonchev–Trinajstić information content (AvgIpc) is 2.55. The standard InChI is InChI=1S/C22H27NO3/c1-15-11-12-16(2)18(13-15)23-21(25)20(17-9-7-6-8-10-17)26-19(24)14-22(3,4)5/h6-13,20H,14H2,1-5H3,(H,23,25)/t20-/m0/s1. The third-order valence-electron chi connectivity index (χ3n) is 3.92. The van der Waals surface area contributed by atoms with Gasteiger partial charge in [0, 0.05) is 11.3 Å². The van der Waals surface area contributed by atoms with Crippen LogP contribution in [0.3, 0.4) is 0 Å². The molecule has 1 atom stereocenters. The summed E-state index contributed by atoms with van der Waals surface area (Å²) in [6.07, 6.45) is -0.737. The summed E-state index contributed by atoms with van der Waals surface area (Å²) < 4.78 is 5.57. The zero-order valence-electron chi connectivity index (χ0n) is 16.1. The Labute approximate surface area is 155 Å². The number of rotatable bonds is 5. The van der Waals surface area contributed by atoms with Gasteiger partial charge in [0.25, 0.3) is 5.91 Å². The summed E-state index contributed by atoms with van der Waals surface area (Å²) in [4.78, 5) is 25.2. The molecule has 26 heavy (non-hydrogen) atoms. The van der Waals surface area contributed by atoms with Crippen molar-refractivity contribution in [3.8, 4) is 0 Å². The van der Waals surface area contributed by atoms with Crippen molar-refractivity contribution in [1.29, 1.82) is 0 Å². The lowest BCUT2D eigenvalue weighted by Gasteiger charge is -2.22. The van der Waals surface area contributed by atoms with Crippen molar-refractivity contribution in [2.24, 2.45) is 5.41 Å². The number of anilines is 1. The topological polar surface area (TPSA) is 55.4 Å². The van der Waals surface area contributed by atoms with E-state index in [1.807, 2.05) is 71.0 Å². The molecule has 0 saturated heterocycles. The van der Waals surface area contributed by atoms with E-state index in [1.54, 1.807) is 12.1 Å². The molecule has 0 radical (unpaired) electrons. The van der Waals surface area contributed by atoms with E-state index in [9.17, 15) is 9.59 Å². The highest BCUT2D eigenvalue weighted by molar-refractivity contribution is 5.96. The Balaban J connectivity index is 2.24. The molecule has 0 aliphatic rings. The van der Waals surface area contributed by atoms with Crippen molar-refractivity contribution in [3.63, 3.8) is 0 Å². The van der Waals surface area contributed by atoms with Gasteiger partial charge < -0.3 is 10.1 Å². The van der Waals surface area contributed by atoms with Crippen molar-refractivity contribution < 1.29 is 14.3 Å². The van der Waals surface area contributed by atoms with Crippen LogP contribution in [0, 0.1) is 19.3 Å². The maximum Gasteiger partial charge on any atom is 0.307 e. The van der Waals surface area contributed by atoms with Crippen LogP contribution in [0.4, 0.5) is 5.69 Å². The zero-order valence-corrected chi connectivity index (χ0v) is 16.1. The minimum atomic E-state index is -0.981. The Morgan fingerprint density at radius 3 is 2.31 bits per heavy atom. The molecule has 2 rings (SSSR count). The third-order valence-corrected chi connectivity index (χ3v) is 3.92. The van der Waals surface area contributed by atoms with Crippen LogP contribution in [0.5, 0.6) is 0 Å². The molecule has 138 valence electrons. The first kappa shape index (κ1) is 19.7. The normalized spacial score (nSPS) is 12.3. The molecule has 0 unspecified atom stereocenters.